The normalized spacial score (nSPS) is 22.9. The minimum atomic E-state index is -0.883. The average molecular weight is 613 g/mol. The van der Waals surface area contributed by atoms with Crippen molar-refractivity contribution in [3.05, 3.63) is 93.2 Å². The topological polar surface area (TPSA) is 96.5 Å². The van der Waals surface area contributed by atoms with Crippen LogP contribution in [0.3, 0.4) is 0 Å². The quantitative estimate of drug-likeness (QED) is 0.201. The maximum Gasteiger partial charge on any atom is 0.337 e. The van der Waals surface area contributed by atoms with E-state index in [1.165, 1.54) is 13.2 Å². The highest BCUT2D eigenvalue weighted by Gasteiger charge is 2.64. The molecule has 220 valence electrons. The second-order valence-electron chi connectivity index (χ2n) is 11.1. The van der Waals surface area contributed by atoms with E-state index in [1.54, 1.807) is 48.5 Å². The Morgan fingerprint density at radius 2 is 1.76 bits per heavy atom. The van der Waals surface area contributed by atoms with E-state index in [0.717, 1.165) is 37.7 Å². The standard InChI is InChI=1S/C32H32Cl2FN3O4/c1-31(23-14-11-20(33)17-25(23)36-18-39)26(22-7-6-8-24(34)27(22)35)28(38-32(31)15-4-3-5-16-32)29(40)37-21-12-9-19(10-13-21)30(41)42-2/h6-14,17-18,26,28,38H,3-5,15-16H2,1-2H3,(H,36,39)(H,37,40)/t26-,28+,31+/m0/s1. The minimum absolute atomic E-state index is 0.0423. The third-order valence-electron chi connectivity index (χ3n) is 9.02. The molecule has 1 aliphatic carbocycles. The lowest BCUT2D eigenvalue weighted by atomic mass is 9.56. The van der Waals surface area contributed by atoms with Crippen LogP contribution in [0.5, 0.6) is 0 Å². The van der Waals surface area contributed by atoms with E-state index in [0.29, 0.717) is 33.9 Å². The summed E-state index contributed by atoms with van der Waals surface area (Å²) < 4.78 is 20.7. The molecule has 0 unspecified atom stereocenters. The van der Waals surface area contributed by atoms with Crippen LogP contribution < -0.4 is 16.0 Å². The Hall–Kier alpha value is -3.46. The molecule has 3 atom stereocenters. The molecule has 5 rings (SSSR count). The van der Waals surface area contributed by atoms with E-state index in [-0.39, 0.29) is 10.9 Å². The molecule has 3 aromatic carbocycles. The average Bonchev–Trinajstić information content (AvgIpc) is 3.23. The van der Waals surface area contributed by atoms with E-state index in [1.807, 2.05) is 13.0 Å². The number of methoxy groups -OCH3 is 1. The van der Waals surface area contributed by atoms with Crippen molar-refractivity contribution in [3.63, 3.8) is 0 Å². The molecule has 1 spiro atoms. The van der Waals surface area contributed by atoms with Gasteiger partial charge in [0.25, 0.3) is 0 Å². The Morgan fingerprint density at radius 1 is 1.05 bits per heavy atom. The zero-order valence-electron chi connectivity index (χ0n) is 23.3. The van der Waals surface area contributed by atoms with Gasteiger partial charge in [0.2, 0.25) is 12.3 Å². The molecule has 7 nitrogen and oxygen atoms in total. The second kappa shape index (κ2) is 12.0. The summed E-state index contributed by atoms with van der Waals surface area (Å²) in [4.78, 5) is 37.7. The van der Waals surface area contributed by atoms with Crippen LogP contribution in [0.1, 0.15) is 66.4 Å². The number of halogens is 3. The molecule has 3 N–H and O–H groups in total. The lowest BCUT2D eigenvalue weighted by Crippen LogP contribution is -2.56. The fourth-order valence-electron chi connectivity index (χ4n) is 7.05. The van der Waals surface area contributed by atoms with Crippen molar-refractivity contribution >= 4 is 52.9 Å². The van der Waals surface area contributed by atoms with Crippen LogP contribution in [0.15, 0.2) is 60.7 Å². The van der Waals surface area contributed by atoms with E-state index < -0.39 is 34.7 Å². The molecule has 1 aliphatic heterocycles. The predicted molar refractivity (Wildman–Crippen MR) is 162 cm³/mol. The molecule has 2 fully saturated rings. The molecule has 0 aromatic heterocycles. The maximum atomic E-state index is 16.0. The Labute approximate surface area is 254 Å². The number of ether oxygens (including phenoxy) is 1. The number of carbonyl (C=O) groups excluding carboxylic acids is 3. The predicted octanol–water partition coefficient (Wildman–Crippen LogP) is 6.84. The number of amides is 2. The summed E-state index contributed by atoms with van der Waals surface area (Å²) >= 11 is 12.7. The van der Waals surface area contributed by atoms with Crippen LogP contribution in [0.4, 0.5) is 15.8 Å². The first-order valence-electron chi connectivity index (χ1n) is 13.9. The lowest BCUT2D eigenvalue weighted by Gasteiger charge is -2.49. The highest BCUT2D eigenvalue weighted by atomic mass is 35.5. The van der Waals surface area contributed by atoms with Gasteiger partial charge in [0.15, 0.2) is 0 Å². The van der Waals surface area contributed by atoms with E-state index >= 15 is 4.39 Å². The molecule has 0 radical (unpaired) electrons. The molecular weight excluding hydrogens is 580 g/mol. The molecular formula is C32H32Cl2FN3O4. The number of nitrogens with one attached hydrogen (secondary N) is 3. The minimum Gasteiger partial charge on any atom is -0.465 e. The second-order valence-corrected chi connectivity index (χ2v) is 11.9. The maximum absolute atomic E-state index is 16.0. The van der Waals surface area contributed by atoms with Crippen LogP contribution >= 0.6 is 23.2 Å². The Balaban J connectivity index is 1.67. The van der Waals surface area contributed by atoms with Gasteiger partial charge in [0.1, 0.15) is 5.82 Å². The zero-order chi connectivity index (χ0) is 30.1. The number of benzene rings is 3. The summed E-state index contributed by atoms with van der Waals surface area (Å²) in [6, 6.07) is 15.6. The molecule has 42 heavy (non-hydrogen) atoms. The lowest BCUT2D eigenvalue weighted by molar-refractivity contribution is -0.118. The Kier molecular flexibility index (Phi) is 8.60. The van der Waals surface area contributed by atoms with Gasteiger partial charge < -0.3 is 15.4 Å². The summed E-state index contributed by atoms with van der Waals surface area (Å²) in [5.41, 5.74) is 0.864. The Morgan fingerprint density at radius 3 is 2.43 bits per heavy atom. The van der Waals surface area contributed by atoms with Gasteiger partial charge in [0, 0.05) is 33.3 Å². The third-order valence-corrected chi connectivity index (χ3v) is 9.54. The largest absolute Gasteiger partial charge is 0.465 e. The molecule has 1 heterocycles. The van der Waals surface area contributed by atoms with Crippen molar-refractivity contribution < 1.29 is 23.5 Å². The first kappa shape index (κ1) is 30.0. The van der Waals surface area contributed by atoms with Crippen molar-refractivity contribution in [3.8, 4) is 0 Å². The highest BCUT2D eigenvalue weighted by Crippen LogP contribution is 2.60. The molecule has 0 bridgehead atoms. The van der Waals surface area contributed by atoms with Gasteiger partial charge in [-0.3, -0.25) is 14.9 Å². The van der Waals surface area contributed by atoms with Crippen molar-refractivity contribution in [1.82, 2.24) is 5.32 Å². The molecule has 3 aromatic rings. The van der Waals surface area contributed by atoms with Crippen molar-refractivity contribution in [1.29, 1.82) is 0 Å². The summed E-state index contributed by atoms with van der Waals surface area (Å²) in [5, 5.41) is 9.83. The number of hydrogen-bond acceptors (Lipinski definition) is 5. The van der Waals surface area contributed by atoms with Gasteiger partial charge in [-0.25, -0.2) is 9.18 Å². The SMILES string of the molecule is COC(=O)c1ccc(NC(=O)[C@@H]2NC3(CCCCC3)[C@](C)(c3ccc(Cl)cc3NC=O)[C@H]2c2cccc(Cl)c2F)cc1. The van der Waals surface area contributed by atoms with Crippen molar-refractivity contribution in [2.24, 2.45) is 0 Å². The smallest absolute Gasteiger partial charge is 0.337 e. The molecule has 2 aliphatic rings. The van der Waals surface area contributed by atoms with Gasteiger partial charge >= 0.3 is 5.97 Å². The van der Waals surface area contributed by atoms with Gasteiger partial charge in [-0.2, -0.15) is 0 Å². The summed E-state index contributed by atoms with van der Waals surface area (Å²) in [6.07, 6.45) is 4.94. The molecule has 10 heteroatoms. The highest BCUT2D eigenvalue weighted by molar-refractivity contribution is 6.31. The number of hydrogen-bond donors (Lipinski definition) is 3. The van der Waals surface area contributed by atoms with E-state index in [9.17, 15) is 14.4 Å². The van der Waals surface area contributed by atoms with Crippen LogP contribution in [0, 0.1) is 5.82 Å². The molecule has 1 saturated heterocycles. The fraction of sp³-hybridized carbons (Fsp3) is 0.344. The summed E-state index contributed by atoms with van der Waals surface area (Å²) in [5.74, 6) is -2.17. The van der Waals surface area contributed by atoms with Crippen molar-refractivity contribution in [2.75, 3.05) is 17.7 Å². The number of anilines is 2. The number of carbonyl (C=O) groups is 3. The van der Waals surface area contributed by atoms with Gasteiger partial charge in [-0.15, -0.1) is 0 Å². The van der Waals surface area contributed by atoms with E-state index in [4.69, 9.17) is 27.9 Å². The monoisotopic (exact) mass is 611 g/mol. The Bertz CT molecular complexity index is 1510. The van der Waals surface area contributed by atoms with Gasteiger partial charge in [0.05, 0.1) is 23.7 Å². The molecule has 1 saturated carbocycles. The number of rotatable bonds is 7. The summed E-state index contributed by atoms with van der Waals surface area (Å²) in [6.45, 7) is 2.04. The third kappa shape index (κ3) is 5.16. The van der Waals surface area contributed by atoms with Crippen LogP contribution in [0.2, 0.25) is 10.0 Å². The first-order valence-corrected chi connectivity index (χ1v) is 14.6. The van der Waals surface area contributed by atoms with E-state index in [2.05, 4.69) is 16.0 Å². The van der Waals surface area contributed by atoms with Crippen LogP contribution in [-0.4, -0.2) is 37.0 Å². The van der Waals surface area contributed by atoms with Crippen molar-refractivity contribution in [2.45, 2.75) is 61.9 Å². The summed E-state index contributed by atoms with van der Waals surface area (Å²) in [7, 11) is 1.30. The van der Waals surface area contributed by atoms with Crippen LogP contribution in [-0.2, 0) is 19.7 Å². The molecule has 2 amide bonds. The fourth-order valence-corrected chi connectivity index (χ4v) is 7.41. The first-order chi connectivity index (χ1) is 20.1. The van der Waals surface area contributed by atoms with Gasteiger partial charge in [-0.05, 0) is 66.4 Å². The van der Waals surface area contributed by atoms with Crippen LogP contribution in [0.25, 0.3) is 0 Å². The zero-order valence-corrected chi connectivity index (χ0v) is 24.8. The van der Waals surface area contributed by atoms with Gasteiger partial charge in [-0.1, -0.05) is 67.6 Å². The number of esters is 1.